The molecule has 0 radical (unpaired) electrons. The molecular formula is C13H20O2. The van der Waals surface area contributed by atoms with Crippen LogP contribution in [0.2, 0.25) is 0 Å². The molecule has 1 rings (SSSR count). The standard InChI is InChI=1S/C13H20O2/c1-10(2)15-13-8-6-12(7-9-13)5-4-11(3)14/h6-11,14H,4-5H2,1-3H3/t11-/m0/s1. The van der Waals surface area contributed by atoms with Crippen molar-refractivity contribution in [2.24, 2.45) is 0 Å². The minimum absolute atomic E-state index is 0.216. The number of aryl methyl sites for hydroxylation is 1. The number of hydrogen-bond donors (Lipinski definition) is 1. The number of aliphatic hydroxyl groups excluding tert-OH is 1. The fourth-order valence-electron chi connectivity index (χ4n) is 1.38. The molecule has 15 heavy (non-hydrogen) atoms. The van der Waals surface area contributed by atoms with Crippen LogP contribution >= 0.6 is 0 Å². The maximum atomic E-state index is 9.16. The van der Waals surface area contributed by atoms with Crippen LogP contribution in [0.5, 0.6) is 5.75 Å². The molecule has 0 spiro atoms. The van der Waals surface area contributed by atoms with Gasteiger partial charge in [-0.15, -0.1) is 0 Å². The van der Waals surface area contributed by atoms with Gasteiger partial charge in [0.2, 0.25) is 0 Å². The number of rotatable bonds is 5. The second-order valence-electron chi connectivity index (χ2n) is 4.20. The van der Waals surface area contributed by atoms with Crippen LogP contribution in [-0.2, 0) is 6.42 Å². The molecule has 0 aliphatic carbocycles. The molecule has 1 atom stereocenters. The van der Waals surface area contributed by atoms with Crippen LogP contribution in [0.25, 0.3) is 0 Å². The highest BCUT2D eigenvalue weighted by atomic mass is 16.5. The quantitative estimate of drug-likeness (QED) is 0.806. The number of hydrogen-bond acceptors (Lipinski definition) is 2. The van der Waals surface area contributed by atoms with Gasteiger partial charge in [0, 0.05) is 0 Å². The molecule has 2 nitrogen and oxygen atoms in total. The van der Waals surface area contributed by atoms with Gasteiger partial charge in [-0.25, -0.2) is 0 Å². The lowest BCUT2D eigenvalue weighted by Gasteiger charge is -2.10. The summed E-state index contributed by atoms with van der Waals surface area (Å²) in [6.45, 7) is 5.85. The van der Waals surface area contributed by atoms with Gasteiger partial charge in [0.15, 0.2) is 0 Å². The molecule has 0 fully saturated rings. The Kier molecular flexibility index (Phi) is 4.63. The zero-order chi connectivity index (χ0) is 11.3. The van der Waals surface area contributed by atoms with E-state index in [1.165, 1.54) is 5.56 Å². The van der Waals surface area contributed by atoms with Crippen LogP contribution in [0.3, 0.4) is 0 Å². The Hall–Kier alpha value is -1.02. The van der Waals surface area contributed by atoms with Gasteiger partial charge < -0.3 is 9.84 Å². The fourth-order valence-corrected chi connectivity index (χ4v) is 1.38. The topological polar surface area (TPSA) is 29.5 Å². The first-order valence-electron chi connectivity index (χ1n) is 5.51. The van der Waals surface area contributed by atoms with E-state index in [1.54, 1.807) is 0 Å². The lowest BCUT2D eigenvalue weighted by molar-refractivity contribution is 0.185. The molecule has 0 aliphatic rings. The van der Waals surface area contributed by atoms with E-state index in [0.717, 1.165) is 18.6 Å². The predicted molar refractivity (Wildman–Crippen MR) is 62.2 cm³/mol. The van der Waals surface area contributed by atoms with E-state index >= 15 is 0 Å². The van der Waals surface area contributed by atoms with Gasteiger partial charge in [-0.05, 0) is 51.3 Å². The smallest absolute Gasteiger partial charge is 0.119 e. The number of ether oxygens (including phenoxy) is 1. The molecular weight excluding hydrogens is 188 g/mol. The molecule has 0 amide bonds. The summed E-state index contributed by atoms with van der Waals surface area (Å²) in [5.74, 6) is 0.908. The molecule has 0 bridgehead atoms. The summed E-state index contributed by atoms with van der Waals surface area (Å²) in [5, 5.41) is 9.16. The molecule has 0 aliphatic heterocycles. The highest BCUT2D eigenvalue weighted by Gasteiger charge is 2.00. The Morgan fingerprint density at radius 2 is 1.73 bits per heavy atom. The second kappa shape index (κ2) is 5.76. The highest BCUT2D eigenvalue weighted by Crippen LogP contribution is 2.15. The summed E-state index contributed by atoms with van der Waals surface area (Å²) in [7, 11) is 0. The highest BCUT2D eigenvalue weighted by molar-refractivity contribution is 5.27. The van der Waals surface area contributed by atoms with Crippen LogP contribution < -0.4 is 4.74 Å². The average Bonchev–Trinajstić information content (AvgIpc) is 2.16. The van der Waals surface area contributed by atoms with Crippen molar-refractivity contribution >= 4 is 0 Å². The summed E-state index contributed by atoms with van der Waals surface area (Å²) in [4.78, 5) is 0. The maximum absolute atomic E-state index is 9.16. The van der Waals surface area contributed by atoms with E-state index < -0.39 is 0 Å². The number of aliphatic hydroxyl groups is 1. The first-order valence-corrected chi connectivity index (χ1v) is 5.51. The Morgan fingerprint density at radius 3 is 2.20 bits per heavy atom. The third-order valence-corrected chi connectivity index (χ3v) is 2.15. The van der Waals surface area contributed by atoms with Crippen LogP contribution in [0.15, 0.2) is 24.3 Å². The summed E-state index contributed by atoms with van der Waals surface area (Å²) in [5.41, 5.74) is 1.24. The van der Waals surface area contributed by atoms with Gasteiger partial charge in [0.1, 0.15) is 5.75 Å². The molecule has 1 aromatic carbocycles. The summed E-state index contributed by atoms with van der Waals surface area (Å²) >= 11 is 0. The van der Waals surface area contributed by atoms with E-state index in [1.807, 2.05) is 32.9 Å². The molecule has 1 N–H and O–H groups in total. The monoisotopic (exact) mass is 208 g/mol. The second-order valence-corrected chi connectivity index (χ2v) is 4.20. The molecule has 0 aromatic heterocycles. The van der Waals surface area contributed by atoms with Crippen molar-refractivity contribution in [2.75, 3.05) is 0 Å². The van der Waals surface area contributed by atoms with Gasteiger partial charge >= 0.3 is 0 Å². The molecule has 0 heterocycles. The van der Waals surface area contributed by atoms with E-state index in [2.05, 4.69) is 12.1 Å². The van der Waals surface area contributed by atoms with Crippen LogP contribution in [0, 0.1) is 0 Å². The Balaban J connectivity index is 2.49. The van der Waals surface area contributed by atoms with Gasteiger partial charge in [-0.2, -0.15) is 0 Å². The lowest BCUT2D eigenvalue weighted by Crippen LogP contribution is -2.05. The molecule has 1 aromatic rings. The zero-order valence-corrected chi connectivity index (χ0v) is 9.73. The SMILES string of the molecule is CC(C)Oc1ccc(CC[C@H](C)O)cc1. The first-order chi connectivity index (χ1) is 7.08. The summed E-state index contributed by atoms with van der Waals surface area (Å²) in [6, 6.07) is 8.08. The van der Waals surface area contributed by atoms with Gasteiger partial charge in [0.25, 0.3) is 0 Å². The van der Waals surface area contributed by atoms with Crippen molar-refractivity contribution in [1.82, 2.24) is 0 Å². The van der Waals surface area contributed by atoms with Crippen molar-refractivity contribution < 1.29 is 9.84 Å². The van der Waals surface area contributed by atoms with Crippen molar-refractivity contribution in [3.63, 3.8) is 0 Å². The van der Waals surface area contributed by atoms with Gasteiger partial charge in [-0.1, -0.05) is 12.1 Å². The summed E-state index contributed by atoms with van der Waals surface area (Å²) in [6.07, 6.45) is 1.72. The number of benzene rings is 1. The van der Waals surface area contributed by atoms with Crippen molar-refractivity contribution in [1.29, 1.82) is 0 Å². The largest absolute Gasteiger partial charge is 0.491 e. The Bertz CT molecular complexity index is 275. The first kappa shape index (κ1) is 12.1. The van der Waals surface area contributed by atoms with Crippen LogP contribution in [0.1, 0.15) is 32.8 Å². The Labute approximate surface area is 91.9 Å². The predicted octanol–water partition coefficient (Wildman–Crippen LogP) is 2.79. The van der Waals surface area contributed by atoms with E-state index in [0.29, 0.717) is 0 Å². The normalized spacial score (nSPS) is 12.9. The van der Waals surface area contributed by atoms with Crippen molar-refractivity contribution in [2.45, 2.75) is 45.8 Å². The van der Waals surface area contributed by atoms with Crippen LogP contribution in [0.4, 0.5) is 0 Å². The van der Waals surface area contributed by atoms with E-state index in [4.69, 9.17) is 9.84 Å². The summed E-state index contributed by atoms with van der Waals surface area (Å²) < 4.78 is 5.55. The minimum atomic E-state index is -0.225. The third-order valence-electron chi connectivity index (χ3n) is 2.15. The van der Waals surface area contributed by atoms with Gasteiger partial charge in [0.05, 0.1) is 12.2 Å². The molecule has 0 saturated carbocycles. The molecule has 2 heteroatoms. The minimum Gasteiger partial charge on any atom is -0.491 e. The average molecular weight is 208 g/mol. The van der Waals surface area contributed by atoms with E-state index in [9.17, 15) is 0 Å². The zero-order valence-electron chi connectivity index (χ0n) is 9.73. The fraction of sp³-hybridized carbons (Fsp3) is 0.538. The molecule has 84 valence electrons. The molecule has 0 unspecified atom stereocenters. The maximum Gasteiger partial charge on any atom is 0.119 e. The third kappa shape index (κ3) is 4.84. The Morgan fingerprint density at radius 1 is 1.13 bits per heavy atom. The van der Waals surface area contributed by atoms with E-state index in [-0.39, 0.29) is 12.2 Å². The molecule has 0 saturated heterocycles. The van der Waals surface area contributed by atoms with Crippen LogP contribution in [-0.4, -0.2) is 17.3 Å². The lowest BCUT2D eigenvalue weighted by atomic mass is 10.1. The van der Waals surface area contributed by atoms with Crippen molar-refractivity contribution in [3.8, 4) is 5.75 Å². The van der Waals surface area contributed by atoms with Gasteiger partial charge in [-0.3, -0.25) is 0 Å². The van der Waals surface area contributed by atoms with Crippen molar-refractivity contribution in [3.05, 3.63) is 29.8 Å².